The number of piperidine rings is 2. The molecule has 1 unspecified atom stereocenters. The van der Waals surface area contributed by atoms with E-state index in [9.17, 15) is 14.4 Å². The Morgan fingerprint density at radius 2 is 1.84 bits per heavy atom. The molecule has 1 saturated carbocycles. The molecular weight excluding hydrogens is 250 g/mol. The van der Waals surface area contributed by atoms with Gasteiger partial charge in [-0.15, -0.1) is 0 Å². The van der Waals surface area contributed by atoms with Gasteiger partial charge in [-0.25, -0.2) is 9.59 Å². The van der Waals surface area contributed by atoms with Gasteiger partial charge in [0, 0.05) is 12.0 Å². The van der Waals surface area contributed by atoms with Crippen molar-refractivity contribution in [2.24, 2.45) is 5.92 Å². The minimum atomic E-state index is -1.14. The molecule has 0 aromatic heterocycles. The third-order valence-electron chi connectivity index (χ3n) is 3.49. The quantitative estimate of drug-likeness (QED) is 0.527. The van der Waals surface area contributed by atoms with Gasteiger partial charge in [0.05, 0.1) is 7.11 Å². The van der Waals surface area contributed by atoms with Gasteiger partial charge in [-0.1, -0.05) is 0 Å². The highest BCUT2D eigenvalue weighted by Gasteiger charge is 2.56. The first-order valence-electron chi connectivity index (χ1n) is 6.37. The number of fused-ring (bicyclic) bond motifs is 2. The molecule has 2 aliphatic heterocycles. The molecule has 19 heavy (non-hydrogen) atoms. The minimum Gasteiger partial charge on any atom is -0.467 e. The zero-order valence-corrected chi connectivity index (χ0v) is 11.6. The van der Waals surface area contributed by atoms with Crippen molar-refractivity contribution in [2.75, 3.05) is 7.11 Å². The Bertz CT molecular complexity index is 419. The number of methoxy groups -OCH3 is 1. The van der Waals surface area contributed by atoms with Crippen molar-refractivity contribution in [1.82, 2.24) is 4.90 Å². The summed E-state index contributed by atoms with van der Waals surface area (Å²) in [6, 6.07) is -1.24. The maximum Gasteiger partial charge on any atom is 0.411 e. The lowest BCUT2D eigenvalue weighted by atomic mass is 9.70. The SMILES string of the molecule is COC(=O)C1C(=O)C2CC(C2)N1C(=O)OC(C)(C)C. The predicted molar refractivity (Wildman–Crippen MR) is 65.4 cm³/mol. The molecule has 0 spiro atoms. The molecule has 6 nitrogen and oxygen atoms in total. The van der Waals surface area contributed by atoms with Crippen LogP contribution >= 0.6 is 0 Å². The van der Waals surface area contributed by atoms with Gasteiger partial charge in [-0.05, 0) is 33.6 Å². The summed E-state index contributed by atoms with van der Waals surface area (Å²) in [4.78, 5) is 37.2. The molecule has 0 aromatic carbocycles. The van der Waals surface area contributed by atoms with E-state index in [1.54, 1.807) is 20.8 Å². The van der Waals surface area contributed by atoms with Gasteiger partial charge < -0.3 is 9.47 Å². The zero-order valence-electron chi connectivity index (χ0n) is 11.6. The highest BCUT2D eigenvalue weighted by molar-refractivity contribution is 6.08. The van der Waals surface area contributed by atoms with Crippen molar-refractivity contribution in [3.05, 3.63) is 0 Å². The number of carbonyl (C=O) groups is 3. The summed E-state index contributed by atoms with van der Waals surface area (Å²) < 4.78 is 9.90. The molecule has 3 aliphatic rings. The summed E-state index contributed by atoms with van der Waals surface area (Å²) in [5.74, 6) is -1.04. The number of nitrogens with zero attached hydrogens (tertiary/aromatic N) is 1. The third kappa shape index (κ3) is 2.43. The highest BCUT2D eigenvalue weighted by atomic mass is 16.6. The topological polar surface area (TPSA) is 72.9 Å². The Labute approximate surface area is 112 Å². The molecule has 2 saturated heterocycles. The molecular formula is C13H19NO5. The Hall–Kier alpha value is -1.59. The van der Waals surface area contributed by atoms with E-state index < -0.39 is 23.7 Å². The van der Waals surface area contributed by atoms with Crippen LogP contribution in [0.15, 0.2) is 0 Å². The van der Waals surface area contributed by atoms with Crippen molar-refractivity contribution in [3.8, 4) is 0 Å². The minimum absolute atomic E-state index is 0.0957. The molecule has 106 valence electrons. The van der Waals surface area contributed by atoms with Gasteiger partial charge >= 0.3 is 12.1 Å². The van der Waals surface area contributed by atoms with Gasteiger partial charge in [0.15, 0.2) is 11.8 Å². The van der Waals surface area contributed by atoms with Gasteiger partial charge in [-0.2, -0.15) is 0 Å². The maximum atomic E-state index is 12.2. The molecule has 0 N–H and O–H groups in total. The smallest absolute Gasteiger partial charge is 0.411 e. The lowest BCUT2D eigenvalue weighted by Crippen LogP contribution is -2.67. The second-order valence-corrected chi connectivity index (χ2v) is 6.04. The van der Waals surface area contributed by atoms with Crippen LogP contribution < -0.4 is 0 Å². The van der Waals surface area contributed by atoms with Crippen LogP contribution in [0.4, 0.5) is 4.79 Å². The molecule has 1 atom stereocenters. The maximum absolute atomic E-state index is 12.2. The van der Waals surface area contributed by atoms with Crippen LogP contribution in [0.2, 0.25) is 0 Å². The average Bonchev–Trinajstić information content (AvgIpc) is 2.23. The number of hydrogen-bond donors (Lipinski definition) is 0. The molecule has 3 rings (SSSR count). The number of ether oxygens (including phenoxy) is 2. The summed E-state index contributed by atoms with van der Waals surface area (Å²) in [6.45, 7) is 5.23. The number of amides is 1. The van der Waals surface area contributed by atoms with E-state index in [4.69, 9.17) is 4.74 Å². The van der Waals surface area contributed by atoms with Crippen molar-refractivity contribution in [2.45, 2.75) is 51.3 Å². The van der Waals surface area contributed by atoms with E-state index >= 15 is 0 Å². The van der Waals surface area contributed by atoms with Gasteiger partial charge in [0.2, 0.25) is 0 Å². The zero-order chi connectivity index (χ0) is 14.4. The molecule has 3 fully saturated rings. The van der Waals surface area contributed by atoms with Crippen LogP contribution in [0.1, 0.15) is 33.6 Å². The van der Waals surface area contributed by atoms with E-state index in [1.165, 1.54) is 12.0 Å². The molecule has 2 heterocycles. The van der Waals surface area contributed by atoms with Gasteiger partial charge in [-0.3, -0.25) is 9.69 Å². The summed E-state index contributed by atoms with van der Waals surface area (Å²) in [6.07, 6.45) is 0.608. The van der Waals surface area contributed by atoms with Crippen LogP contribution in [0.3, 0.4) is 0 Å². The normalized spacial score (nSPS) is 29.6. The fourth-order valence-corrected chi connectivity index (χ4v) is 2.53. The monoisotopic (exact) mass is 269 g/mol. The number of hydrogen-bond acceptors (Lipinski definition) is 5. The number of ketones is 1. The lowest BCUT2D eigenvalue weighted by Gasteiger charge is -2.50. The Morgan fingerprint density at radius 1 is 1.26 bits per heavy atom. The van der Waals surface area contributed by atoms with Crippen molar-refractivity contribution in [1.29, 1.82) is 0 Å². The van der Waals surface area contributed by atoms with Crippen LogP contribution in [0.5, 0.6) is 0 Å². The summed E-state index contributed by atoms with van der Waals surface area (Å²) in [5.41, 5.74) is -0.665. The number of carbonyl (C=O) groups excluding carboxylic acids is 3. The summed E-state index contributed by atoms with van der Waals surface area (Å²) in [5, 5.41) is 0. The lowest BCUT2D eigenvalue weighted by molar-refractivity contribution is -0.163. The highest BCUT2D eigenvalue weighted by Crippen LogP contribution is 2.41. The fourth-order valence-electron chi connectivity index (χ4n) is 2.53. The average molecular weight is 269 g/mol. The van der Waals surface area contributed by atoms with E-state index in [1.807, 2.05) is 0 Å². The van der Waals surface area contributed by atoms with E-state index in [0.717, 1.165) is 0 Å². The van der Waals surface area contributed by atoms with Gasteiger partial charge in [0.25, 0.3) is 0 Å². The van der Waals surface area contributed by atoms with Crippen LogP contribution in [-0.2, 0) is 19.1 Å². The van der Waals surface area contributed by atoms with Crippen molar-refractivity contribution >= 4 is 17.8 Å². The van der Waals surface area contributed by atoms with Crippen molar-refractivity contribution < 1.29 is 23.9 Å². The molecule has 0 aromatic rings. The molecule has 2 bridgehead atoms. The molecule has 1 amide bonds. The number of esters is 1. The summed E-state index contributed by atoms with van der Waals surface area (Å²) in [7, 11) is 1.21. The Balaban J connectivity index is 2.21. The number of rotatable bonds is 1. The second kappa shape index (κ2) is 4.51. The van der Waals surface area contributed by atoms with E-state index in [0.29, 0.717) is 12.8 Å². The standard InChI is InChI=1S/C13H19NO5/c1-13(2,3)19-12(17)14-8-5-7(6-8)10(15)9(14)11(16)18-4/h7-9H,5-6H2,1-4H3. The van der Waals surface area contributed by atoms with Gasteiger partial charge in [0.1, 0.15) is 5.60 Å². The van der Waals surface area contributed by atoms with Crippen LogP contribution in [0.25, 0.3) is 0 Å². The first-order valence-corrected chi connectivity index (χ1v) is 6.37. The number of Topliss-reactive ketones (excluding diaryl/α,β-unsaturated/α-hetero) is 1. The van der Waals surface area contributed by atoms with Crippen LogP contribution in [-0.4, -0.2) is 47.5 Å². The van der Waals surface area contributed by atoms with E-state index in [-0.39, 0.29) is 17.7 Å². The fraction of sp³-hybridized carbons (Fsp3) is 0.769. The summed E-state index contributed by atoms with van der Waals surface area (Å²) >= 11 is 0. The third-order valence-corrected chi connectivity index (χ3v) is 3.49. The predicted octanol–water partition coefficient (Wildman–Crippen LogP) is 1.13. The van der Waals surface area contributed by atoms with E-state index in [2.05, 4.69) is 4.74 Å². The first kappa shape index (κ1) is 13.8. The first-order chi connectivity index (χ1) is 8.74. The Kier molecular flexibility index (Phi) is 3.28. The molecule has 0 radical (unpaired) electrons. The largest absolute Gasteiger partial charge is 0.467 e. The Morgan fingerprint density at radius 3 is 2.32 bits per heavy atom. The van der Waals surface area contributed by atoms with Crippen LogP contribution in [0, 0.1) is 5.92 Å². The second-order valence-electron chi connectivity index (χ2n) is 6.04. The molecule has 6 heteroatoms. The molecule has 1 aliphatic carbocycles. The van der Waals surface area contributed by atoms with Crippen molar-refractivity contribution in [3.63, 3.8) is 0 Å².